The van der Waals surface area contributed by atoms with E-state index in [9.17, 15) is 39.5 Å². The van der Waals surface area contributed by atoms with Gasteiger partial charge in [0, 0.05) is 5.56 Å². The molecule has 0 unspecified atom stereocenters. The first-order valence-electron chi connectivity index (χ1n) is 8.09. The van der Waals surface area contributed by atoms with E-state index in [0.29, 0.717) is 10.6 Å². The van der Waals surface area contributed by atoms with E-state index < -0.39 is 58.3 Å². The van der Waals surface area contributed by atoms with Crippen LogP contribution in [0.2, 0.25) is 5.15 Å². The van der Waals surface area contributed by atoms with E-state index in [1.165, 1.54) is 6.92 Å². The van der Waals surface area contributed by atoms with Crippen molar-refractivity contribution in [1.29, 1.82) is 0 Å². The van der Waals surface area contributed by atoms with E-state index in [4.69, 9.17) is 11.6 Å². The number of alkyl halides is 7. The fourth-order valence-corrected chi connectivity index (χ4v) is 2.84. The predicted molar refractivity (Wildman–Crippen MR) is 90.3 cm³/mol. The smallest absolute Gasteiger partial charge is 0.363 e. The molecule has 0 aliphatic rings. The second-order valence-corrected chi connectivity index (χ2v) is 6.67. The average molecular weight is 478 g/mol. The number of anilines is 1. The van der Waals surface area contributed by atoms with Gasteiger partial charge in [0.2, 0.25) is 0 Å². The maximum Gasteiger partial charge on any atom is 0.459 e. The summed E-state index contributed by atoms with van der Waals surface area (Å²) in [4.78, 5) is 7.30. The molecule has 0 saturated heterocycles. The highest BCUT2D eigenvalue weighted by Crippen LogP contribution is 2.47. The molecule has 1 N–H and O–H groups in total. The van der Waals surface area contributed by atoms with Gasteiger partial charge in [-0.2, -0.15) is 50.3 Å². The van der Waals surface area contributed by atoms with E-state index >= 15 is 0 Å². The van der Waals surface area contributed by atoms with Crippen molar-refractivity contribution in [2.75, 3.05) is 11.9 Å². The van der Waals surface area contributed by atoms with Gasteiger partial charge in [-0.25, -0.2) is 8.78 Å². The number of nitrogens with one attached hydrogen (secondary N) is 1. The van der Waals surface area contributed by atoms with E-state index in [-0.39, 0.29) is 11.3 Å². The summed E-state index contributed by atoms with van der Waals surface area (Å²) in [5.74, 6) is -15.2. The van der Waals surface area contributed by atoms with Gasteiger partial charge in [-0.15, -0.1) is 0 Å². The van der Waals surface area contributed by atoms with Gasteiger partial charge in [0.25, 0.3) is 5.78 Å². The molecule has 2 heterocycles. The van der Waals surface area contributed by atoms with Crippen LogP contribution >= 0.6 is 11.6 Å². The molecule has 0 saturated carbocycles. The lowest BCUT2D eigenvalue weighted by atomic mass is 10.0. The molecule has 1 aromatic carbocycles. The Bertz CT molecular complexity index is 1140. The second kappa shape index (κ2) is 7.43. The predicted octanol–water partition coefficient (Wildman–Crippen LogP) is 5.28. The van der Waals surface area contributed by atoms with Gasteiger partial charge in [0.15, 0.2) is 0 Å². The van der Waals surface area contributed by atoms with Crippen LogP contribution in [0.5, 0.6) is 0 Å². The Morgan fingerprint density at radius 3 is 2.29 bits per heavy atom. The molecular weight excluding hydrogens is 469 g/mol. The van der Waals surface area contributed by atoms with Gasteiger partial charge in [-0.05, 0) is 24.6 Å². The molecule has 0 atom stereocenters. The number of halogens is 10. The van der Waals surface area contributed by atoms with Crippen molar-refractivity contribution in [2.24, 2.45) is 0 Å². The molecule has 2 aromatic heterocycles. The Kier molecular flexibility index (Phi) is 5.49. The van der Waals surface area contributed by atoms with E-state index in [2.05, 4.69) is 15.1 Å². The van der Waals surface area contributed by atoms with Crippen LogP contribution in [0.1, 0.15) is 5.56 Å². The maximum absolute atomic E-state index is 14.5. The van der Waals surface area contributed by atoms with Crippen LogP contribution in [0.3, 0.4) is 0 Å². The van der Waals surface area contributed by atoms with E-state index in [1.54, 1.807) is 5.32 Å². The molecule has 0 spiro atoms. The fraction of sp³-hybridized carbons (Fsp3) is 0.312. The normalized spacial score (nSPS) is 13.1. The molecule has 5 nitrogen and oxygen atoms in total. The van der Waals surface area contributed by atoms with Gasteiger partial charge in [-0.3, -0.25) is 0 Å². The van der Waals surface area contributed by atoms with Gasteiger partial charge in [0.1, 0.15) is 28.9 Å². The minimum atomic E-state index is -6.55. The van der Waals surface area contributed by atoms with Crippen molar-refractivity contribution < 1.29 is 39.5 Å². The topological polar surface area (TPSA) is 55.1 Å². The standard InChI is InChI=1S/C16H9ClF9N5/c1-6-2-9(19)7(3-8(6)18)10-11(17)30-13-28-5-29-31(13)12(10)27-4-14(20,21)15(22,23)16(24,25)26/h2-3,5,27H,4H2,1H3. The summed E-state index contributed by atoms with van der Waals surface area (Å²) in [5, 5.41) is 4.63. The lowest BCUT2D eigenvalue weighted by Crippen LogP contribution is -2.55. The Balaban J connectivity index is 2.16. The Hall–Kier alpha value is -2.77. The SMILES string of the molecule is Cc1cc(F)c(-c2c(Cl)nc3ncnn3c2NCC(F)(F)C(F)(F)C(F)(F)F)cc1F. The third-order valence-corrected chi connectivity index (χ3v) is 4.47. The summed E-state index contributed by atoms with van der Waals surface area (Å²) in [7, 11) is 0. The molecule has 0 amide bonds. The molecular formula is C16H9ClF9N5. The Morgan fingerprint density at radius 1 is 1.03 bits per heavy atom. The summed E-state index contributed by atoms with van der Waals surface area (Å²) in [6.45, 7) is -1.04. The van der Waals surface area contributed by atoms with Gasteiger partial charge in [0.05, 0.1) is 12.1 Å². The van der Waals surface area contributed by atoms with Crippen LogP contribution in [0.15, 0.2) is 18.5 Å². The molecule has 0 radical (unpaired) electrons. The van der Waals surface area contributed by atoms with Crippen LogP contribution in [-0.2, 0) is 0 Å². The number of nitrogens with zero attached hydrogens (tertiary/aromatic N) is 4. The number of benzene rings is 1. The van der Waals surface area contributed by atoms with Crippen LogP contribution < -0.4 is 5.32 Å². The van der Waals surface area contributed by atoms with Crippen LogP contribution in [0.25, 0.3) is 16.9 Å². The molecule has 0 bridgehead atoms. The van der Waals surface area contributed by atoms with E-state index in [0.717, 1.165) is 12.4 Å². The molecule has 31 heavy (non-hydrogen) atoms. The molecule has 3 rings (SSSR count). The summed E-state index contributed by atoms with van der Waals surface area (Å²) in [6.07, 6.45) is -5.71. The number of fused-ring (bicyclic) bond motifs is 1. The summed E-state index contributed by atoms with van der Waals surface area (Å²) >= 11 is 5.94. The molecule has 15 heteroatoms. The minimum Gasteiger partial charge on any atom is -0.363 e. The molecule has 0 aliphatic heterocycles. The maximum atomic E-state index is 14.5. The number of hydrogen-bond donors (Lipinski definition) is 1. The number of hydrogen-bond acceptors (Lipinski definition) is 4. The van der Waals surface area contributed by atoms with Crippen LogP contribution in [0.4, 0.5) is 45.3 Å². The van der Waals surface area contributed by atoms with Crippen molar-refractivity contribution in [3.63, 3.8) is 0 Å². The largest absolute Gasteiger partial charge is 0.459 e. The third-order valence-electron chi connectivity index (χ3n) is 4.19. The molecule has 3 aromatic rings. The van der Waals surface area contributed by atoms with Crippen molar-refractivity contribution in [1.82, 2.24) is 19.6 Å². The highest BCUT2D eigenvalue weighted by Gasteiger charge is 2.72. The molecule has 168 valence electrons. The van der Waals surface area contributed by atoms with E-state index in [1.807, 2.05) is 0 Å². The van der Waals surface area contributed by atoms with Crippen molar-refractivity contribution in [3.8, 4) is 11.1 Å². The summed E-state index contributed by atoms with van der Waals surface area (Å²) in [5.41, 5.74) is -1.37. The molecule has 0 aliphatic carbocycles. The first-order chi connectivity index (χ1) is 14.2. The van der Waals surface area contributed by atoms with Gasteiger partial charge >= 0.3 is 18.0 Å². The van der Waals surface area contributed by atoms with Crippen molar-refractivity contribution in [2.45, 2.75) is 24.9 Å². The lowest BCUT2D eigenvalue weighted by Gasteiger charge is -2.28. The fourth-order valence-electron chi connectivity index (χ4n) is 2.57. The Labute approximate surface area is 171 Å². The van der Waals surface area contributed by atoms with Gasteiger partial charge in [-0.1, -0.05) is 11.6 Å². The number of aryl methyl sites for hydroxylation is 1. The monoisotopic (exact) mass is 477 g/mol. The van der Waals surface area contributed by atoms with Crippen LogP contribution in [0, 0.1) is 18.6 Å². The van der Waals surface area contributed by atoms with Gasteiger partial charge < -0.3 is 5.32 Å². The zero-order chi connectivity index (χ0) is 23.4. The minimum absolute atomic E-state index is 0.127. The average Bonchev–Trinajstić information content (AvgIpc) is 3.09. The second-order valence-electron chi connectivity index (χ2n) is 6.31. The number of aromatic nitrogens is 4. The zero-order valence-electron chi connectivity index (χ0n) is 15.0. The summed E-state index contributed by atoms with van der Waals surface area (Å²) < 4.78 is 120. The lowest BCUT2D eigenvalue weighted by molar-refractivity contribution is -0.350. The van der Waals surface area contributed by atoms with Crippen molar-refractivity contribution in [3.05, 3.63) is 40.8 Å². The van der Waals surface area contributed by atoms with Crippen molar-refractivity contribution >= 4 is 23.2 Å². The highest BCUT2D eigenvalue weighted by atomic mass is 35.5. The quantitative estimate of drug-likeness (QED) is 0.401. The Morgan fingerprint density at radius 2 is 1.68 bits per heavy atom. The first-order valence-corrected chi connectivity index (χ1v) is 8.46. The molecule has 0 fully saturated rings. The third kappa shape index (κ3) is 3.83. The highest BCUT2D eigenvalue weighted by molar-refractivity contribution is 6.33. The zero-order valence-corrected chi connectivity index (χ0v) is 15.8. The number of rotatable bonds is 5. The first kappa shape index (κ1) is 22.9. The summed E-state index contributed by atoms with van der Waals surface area (Å²) in [6, 6.07) is 1.37. The van der Waals surface area contributed by atoms with Crippen LogP contribution in [-0.4, -0.2) is 44.1 Å².